The van der Waals surface area contributed by atoms with E-state index >= 15 is 0 Å². The van der Waals surface area contributed by atoms with Crippen LogP contribution in [-0.4, -0.2) is 27.6 Å². The number of carbonyl (C=O) groups excluding carboxylic acids is 1. The second-order valence-corrected chi connectivity index (χ2v) is 4.29. The first kappa shape index (κ1) is 14.7. The lowest BCUT2D eigenvalue weighted by molar-refractivity contribution is 0.0516. The van der Waals surface area contributed by atoms with Gasteiger partial charge in [-0.1, -0.05) is 30.3 Å². The fraction of sp³-hybridized carbons (Fsp3) is 0.188. The van der Waals surface area contributed by atoms with Gasteiger partial charge in [-0.2, -0.15) is 9.90 Å². The molecule has 0 unspecified atom stereocenters. The summed E-state index contributed by atoms with van der Waals surface area (Å²) in [5, 5.41) is 8.57. The van der Waals surface area contributed by atoms with Crippen LogP contribution in [0.15, 0.2) is 54.7 Å². The first-order valence-electron chi connectivity index (χ1n) is 6.71. The molecule has 5 heteroatoms. The third-order valence-corrected chi connectivity index (χ3v) is 2.74. The van der Waals surface area contributed by atoms with Crippen molar-refractivity contribution in [2.75, 3.05) is 6.61 Å². The van der Waals surface area contributed by atoms with Crippen LogP contribution >= 0.6 is 0 Å². The van der Waals surface area contributed by atoms with E-state index in [9.17, 15) is 4.79 Å². The molecule has 2 rings (SSSR count). The van der Waals surface area contributed by atoms with Crippen molar-refractivity contribution in [2.24, 2.45) is 0 Å². The minimum absolute atomic E-state index is 0.240. The quantitative estimate of drug-likeness (QED) is 0.813. The summed E-state index contributed by atoms with van der Waals surface area (Å²) in [5.41, 5.74) is 1.72. The summed E-state index contributed by atoms with van der Waals surface area (Å²) in [7, 11) is 0. The van der Waals surface area contributed by atoms with Gasteiger partial charge in [0.25, 0.3) is 0 Å². The van der Waals surface area contributed by atoms with Crippen LogP contribution in [0.2, 0.25) is 0 Å². The van der Waals surface area contributed by atoms with Crippen molar-refractivity contribution in [3.05, 3.63) is 66.0 Å². The van der Waals surface area contributed by atoms with E-state index < -0.39 is 5.97 Å². The molecular formula is C16H17N3O2. The average molecular weight is 283 g/mol. The van der Waals surface area contributed by atoms with Crippen molar-refractivity contribution >= 4 is 5.97 Å². The van der Waals surface area contributed by atoms with Gasteiger partial charge in [-0.05, 0) is 37.6 Å². The molecule has 21 heavy (non-hydrogen) atoms. The van der Waals surface area contributed by atoms with Crippen LogP contribution in [0.25, 0.3) is 5.69 Å². The van der Waals surface area contributed by atoms with Gasteiger partial charge in [0.1, 0.15) is 0 Å². The normalized spacial score (nSPS) is 9.81. The Balaban J connectivity index is 2.64. The monoisotopic (exact) mass is 283 g/mol. The summed E-state index contributed by atoms with van der Waals surface area (Å²) in [6.45, 7) is 3.88. The van der Waals surface area contributed by atoms with E-state index in [1.54, 1.807) is 25.3 Å². The van der Waals surface area contributed by atoms with Gasteiger partial charge >= 0.3 is 5.97 Å². The number of para-hydroxylation sites is 1. The maximum atomic E-state index is 12.1. The van der Waals surface area contributed by atoms with Crippen molar-refractivity contribution < 1.29 is 9.53 Å². The summed E-state index contributed by atoms with van der Waals surface area (Å²) >= 11 is 0. The Morgan fingerprint density at radius 2 is 1.86 bits per heavy atom. The Kier molecular flexibility index (Phi) is 5.04. The molecule has 1 heterocycles. The lowest BCUT2D eigenvalue weighted by Gasteiger charge is -2.05. The van der Waals surface area contributed by atoms with E-state index in [1.165, 1.54) is 4.80 Å². The fourth-order valence-corrected chi connectivity index (χ4v) is 1.72. The molecule has 0 spiro atoms. The molecule has 0 aliphatic heterocycles. The Morgan fingerprint density at radius 3 is 2.57 bits per heavy atom. The highest BCUT2D eigenvalue weighted by Crippen LogP contribution is 2.06. The summed E-state index contributed by atoms with van der Waals surface area (Å²) in [6, 6.07) is 14.8. The predicted octanol–water partition coefficient (Wildman–Crippen LogP) is 2.88. The van der Waals surface area contributed by atoms with Crippen molar-refractivity contribution in [1.82, 2.24) is 15.0 Å². The third-order valence-electron chi connectivity index (χ3n) is 2.74. The molecule has 0 amide bonds. The molecule has 0 N–H and O–H groups in total. The fourth-order valence-electron chi connectivity index (χ4n) is 1.72. The third kappa shape index (κ3) is 3.89. The topological polar surface area (TPSA) is 57.0 Å². The lowest BCUT2D eigenvalue weighted by Crippen LogP contribution is -2.13. The summed E-state index contributed by atoms with van der Waals surface area (Å²) in [6.07, 6.45) is 1.62. The maximum absolute atomic E-state index is 12.1. The number of hydrogen-bond donors (Lipinski definition) is 0. The number of carbonyl (C=O) groups is 1. The summed E-state index contributed by atoms with van der Waals surface area (Å²) in [4.78, 5) is 13.5. The van der Waals surface area contributed by atoms with Crippen molar-refractivity contribution in [3.8, 4) is 5.69 Å². The van der Waals surface area contributed by atoms with Gasteiger partial charge in [-0.3, -0.25) is 0 Å². The van der Waals surface area contributed by atoms with Gasteiger partial charge in [-0.15, -0.1) is 5.10 Å². The van der Waals surface area contributed by atoms with Crippen LogP contribution in [0.5, 0.6) is 0 Å². The molecular weight excluding hydrogens is 266 g/mol. The largest absolute Gasteiger partial charge is 0.461 e. The SMILES string of the molecule is CCOC(=O)c1nn(-c2ccccc2)nccccc1C. The molecule has 0 aliphatic carbocycles. The molecule has 2 aromatic rings. The molecule has 0 saturated heterocycles. The number of hydrogen-bond acceptors (Lipinski definition) is 4. The minimum Gasteiger partial charge on any atom is -0.461 e. The minimum atomic E-state index is -0.460. The van der Waals surface area contributed by atoms with Crippen LogP contribution in [0, 0.1) is 6.92 Å². The molecule has 1 aromatic carbocycles. The van der Waals surface area contributed by atoms with Crippen molar-refractivity contribution in [3.63, 3.8) is 0 Å². The Morgan fingerprint density at radius 1 is 1.14 bits per heavy atom. The molecule has 1 aromatic heterocycles. The van der Waals surface area contributed by atoms with E-state index in [4.69, 9.17) is 4.74 Å². The van der Waals surface area contributed by atoms with Crippen LogP contribution in [-0.2, 0) is 4.74 Å². The Hall–Kier alpha value is -2.69. The summed E-state index contributed by atoms with van der Waals surface area (Å²) in [5.74, 6) is -0.460. The van der Waals surface area contributed by atoms with Gasteiger partial charge in [0.15, 0.2) is 5.69 Å². The predicted molar refractivity (Wildman–Crippen MR) is 79.7 cm³/mol. The van der Waals surface area contributed by atoms with Crippen LogP contribution < -0.4 is 0 Å². The van der Waals surface area contributed by atoms with E-state index in [1.807, 2.05) is 43.3 Å². The van der Waals surface area contributed by atoms with Gasteiger partial charge in [0, 0.05) is 6.20 Å². The van der Waals surface area contributed by atoms with Gasteiger partial charge < -0.3 is 4.74 Å². The van der Waals surface area contributed by atoms with E-state index in [-0.39, 0.29) is 5.69 Å². The number of benzene rings is 1. The highest BCUT2D eigenvalue weighted by molar-refractivity contribution is 5.88. The molecule has 0 bridgehead atoms. The van der Waals surface area contributed by atoms with E-state index in [2.05, 4.69) is 10.2 Å². The second-order valence-electron chi connectivity index (χ2n) is 4.29. The number of ether oxygens (including phenoxy) is 1. The van der Waals surface area contributed by atoms with Crippen molar-refractivity contribution in [1.29, 1.82) is 0 Å². The molecule has 0 fully saturated rings. The van der Waals surface area contributed by atoms with Gasteiger partial charge in [0.2, 0.25) is 0 Å². The summed E-state index contributed by atoms with van der Waals surface area (Å²) < 4.78 is 5.06. The van der Waals surface area contributed by atoms with E-state index in [0.29, 0.717) is 6.61 Å². The number of esters is 1. The highest BCUT2D eigenvalue weighted by Gasteiger charge is 2.11. The van der Waals surface area contributed by atoms with Crippen molar-refractivity contribution in [2.45, 2.75) is 13.8 Å². The zero-order valence-corrected chi connectivity index (χ0v) is 12.1. The number of nitrogens with zero attached hydrogens (tertiary/aromatic N) is 3. The zero-order valence-electron chi connectivity index (χ0n) is 12.1. The second kappa shape index (κ2) is 7.19. The highest BCUT2D eigenvalue weighted by atomic mass is 16.5. The van der Waals surface area contributed by atoms with E-state index in [0.717, 1.165) is 11.3 Å². The number of aromatic nitrogens is 3. The first-order chi connectivity index (χ1) is 10.2. The van der Waals surface area contributed by atoms with Gasteiger partial charge in [-0.25, -0.2) is 4.79 Å². The number of aryl methyl sites for hydroxylation is 1. The molecule has 0 saturated carbocycles. The smallest absolute Gasteiger partial charge is 0.359 e. The van der Waals surface area contributed by atoms with Gasteiger partial charge in [0.05, 0.1) is 12.3 Å². The molecule has 0 atom stereocenters. The molecule has 0 aliphatic rings. The number of rotatable bonds is 3. The van der Waals surface area contributed by atoms with Crippen LogP contribution in [0.4, 0.5) is 0 Å². The zero-order chi connectivity index (χ0) is 15.1. The molecule has 0 radical (unpaired) electrons. The molecule has 5 nitrogen and oxygen atoms in total. The Bertz CT molecular complexity index is 664. The Labute approximate surface area is 123 Å². The molecule has 108 valence electrons. The lowest BCUT2D eigenvalue weighted by atomic mass is 10.2. The maximum Gasteiger partial charge on any atom is 0.359 e. The van der Waals surface area contributed by atoms with Crippen LogP contribution in [0.3, 0.4) is 0 Å². The first-order valence-corrected chi connectivity index (χ1v) is 6.71. The average Bonchev–Trinajstić information content (AvgIpc) is 2.59. The van der Waals surface area contributed by atoms with Crippen LogP contribution in [0.1, 0.15) is 23.0 Å². The standard InChI is InChI=1S/C16H17N3O2/c1-3-21-16(20)15-13(2)9-7-8-12-17-19(18-15)14-10-5-4-6-11-14/h4-12H,3H2,1-2H3.